The zero-order valence-electron chi connectivity index (χ0n) is 16.1. The second-order valence-corrected chi connectivity index (χ2v) is 7.25. The summed E-state index contributed by atoms with van der Waals surface area (Å²) in [6, 6.07) is 15.5. The minimum absolute atomic E-state index is 0.0572. The zero-order valence-corrected chi connectivity index (χ0v) is 16.1. The average Bonchev–Trinajstić information content (AvgIpc) is 3.46. The van der Waals surface area contributed by atoms with Gasteiger partial charge in [-0.2, -0.15) is 0 Å². The van der Waals surface area contributed by atoms with Gasteiger partial charge in [-0.05, 0) is 50.4 Å². The Balaban J connectivity index is 1.58. The fourth-order valence-corrected chi connectivity index (χ4v) is 3.27. The molecule has 0 saturated heterocycles. The van der Waals surface area contributed by atoms with Crippen LogP contribution in [0, 0.1) is 13.8 Å². The predicted molar refractivity (Wildman–Crippen MR) is 105 cm³/mol. The summed E-state index contributed by atoms with van der Waals surface area (Å²) in [6.45, 7) is 4.29. The number of amides is 1. The standard InChI is InChI=1S/C22H26N2O3/c1-16-8-7-9-17(2)20(16)23-21(26)22(12-13-22)24(3)14-19(25)27-15-18-10-5-4-6-11-18/h4-11H,12-15H2,1-3H3,(H,23,26). The van der Waals surface area contributed by atoms with Gasteiger partial charge in [-0.1, -0.05) is 48.5 Å². The van der Waals surface area contributed by atoms with Gasteiger partial charge < -0.3 is 10.1 Å². The number of aryl methyl sites for hydroxylation is 2. The molecule has 1 saturated carbocycles. The van der Waals surface area contributed by atoms with Gasteiger partial charge in [-0.25, -0.2) is 0 Å². The van der Waals surface area contributed by atoms with E-state index in [-0.39, 0.29) is 25.0 Å². The summed E-state index contributed by atoms with van der Waals surface area (Å²) in [7, 11) is 1.81. The molecule has 1 fully saturated rings. The molecule has 1 N–H and O–H groups in total. The topological polar surface area (TPSA) is 58.6 Å². The van der Waals surface area contributed by atoms with E-state index in [1.54, 1.807) is 7.05 Å². The maximum Gasteiger partial charge on any atom is 0.320 e. The van der Waals surface area contributed by atoms with Crippen LogP contribution in [0.15, 0.2) is 48.5 Å². The minimum atomic E-state index is -0.625. The molecule has 1 aliphatic carbocycles. The van der Waals surface area contributed by atoms with Crippen molar-refractivity contribution in [2.75, 3.05) is 18.9 Å². The largest absolute Gasteiger partial charge is 0.460 e. The number of hydrogen-bond donors (Lipinski definition) is 1. The van der Waals surface area contributed by atoms with Crippen molar-refractivity contribution >= 4 is 17.6 Å². The van der Waals surface area contributed by atoms with E-state index in [2.05, 4.69) is 5.32 Å². The van der Waals surface area contributed by atoms with E-state index in [1.165, 1.54) is 0 Å². The highest BCUT2D eigenvalue weighted by molar-refractivity contribution is 6.01. The first-order chi connectivity index (χ1) is 12.9. The van der Waals surface area contributed by atoms with E-state index in [0.717, 1.165) is 35.2 Å². The van der Waals surface area contributed by atoms with E-state index in [0.29, 0.717) is 0 Å². The highest BCUT2D eigenvalue weighted by Gasteiger charge is 2.53. The number of carbonyl (C=O) groups excluding carboxylic acids is 2. The number of ether oxygens (including phenoxy) is 1. The summed E-state index contributed by atoms with van der Waals surface area (Å²) in [5.74, 6) is -0.384. The molecule has 3 rings (SSSR count). The molecule has 0 unspecified atom stereocenters. The predicted octanol–water partition coefficient (Wildman–Crippen LogP) is 3.45. The smallest absolute Gasteiger partial charge is 0.320 e. The Bertz CT molecular complexity index is 808. The highest BCUT2D eigenvalue weighted by atomic mass is 16.5. The molecular formula is C22H26N2O3. The SMILES string of the molecule is Cc1cccc(C)c1NC(=O)C1(N(C)CC(=O)OCc2ccccc2)CC1. The molecule has 1 aliphatic rings. The first-order valence-corrected chi connectivity index (χ1v) is 9.21. The summed E-state index contributed by atoms with van der Waals surface area (Å²) in [5, 5.41) is 3.06. The van der Waals surface area contributed by atoms with Gasteiger partial charge in [-0.3, -0.25) is 14.5 Å². The number of hydrogen-bond acceptors (Lipinski definition) is 4. The number of nitrogens with one attached hydrogen (secondary N) is 1. The van der Waals surface area contributed by atoms with Gasteiger partial charge in [0.1, 0.15) is 12.1 Å². The van der Waals surface area contributed by atoms with Gasteiger partial charge in [0.05, 0.1) is 6.54 Å². The van der Waals surface area contributed by atoms with Gasteiger partial charge in [-0.15, -0.1) is 0 Å². The monoisotopic (exact) mass is 366 g/mol. The van der Waals surface area contributed by atoms with Crippen molar-refractivity contribution in [2.24, 2.45) is 0 Å². The molecule has 1 amide bonds. The molecule has 0 bridgehead atoms. The summed E-state index contributed by atoms with van der Waals surface area (Å²) < 4.78 is 5.35. The van der Waals surface area contributed by atoms with Crippen molar-refractivity contribution < 1.29 is 14.3 Å². The third-order valence-corrected chi connectivity index (χ3v) is 5.21. The van der Waals surface area contributed by atoms with Crippen molar-refractivity contribution in [3.63, 3.8) is 0 Å². The van der Waals surface area contributed by atoms with Gasteiger partial charge in [0.2, 0.25) is 5.91 Å². The molecule has 27 heavy (non-hydrogen) atoms. The summed E-state index contributed by atoms with van der Waals surface area (Å²) in [6.07, 6.45) is 1.48. The number of para-hydroxylation sites is 1. The Labute approximate surface area is 160 Å². The molecule has 0 aliphatic heterocycles. The molecule has 142 valence electrons. The molecule has 2 aromatic rings. The van der Waals surface area contributed by atoms with E-state index in [1.807, 2.05) is 67.3 Å². The Hall–Kier alpha value is -2.66. The molecule has 0 atom stereocenters. The molecular weight excluding hydrogens is 340 g/mol. The molecule has 5 heteroatoms. The normalized spacial score (nSPS) is 14.7. The number of esters is 1. The molecule has 5 nitrogen and oxygen atoms in total. The van der Waals surface area contributed by atoms with E-state index >= 15 is 0 Å². The first kappa shape index (κ1) is 19.1. The maximum absolute atomic E-state index is 12.9. The van der Waals surface area contributed by atoms with Crippen molar-refractivity contribution in [2.45, 2.75) is 38.8 Å². The van der Waals surface area contributed by atoms with Gasteiger partial charge in [0.25, 0.3) is 0 Å². The summed E-state index contributed by atoms with van der Waals surface area (Å²) in [4.78, 5) is 26.9. The van der Waals surface area contributed by atoms with Crippen LogP contribution in [0.25, 0.3) is 0 Å². The third kappa shape index (κ3) is 4.37. The van der Waals surface area contributed by atoms with Crippen LogP contribution in [0.4, 0.5) is 5.69 Å². The zero-order chi connectivity index (χ0) is 19.4. The van der Waals surface area contributed by atoms with E-state index in [4.69, 9.17) is 4.74 Å². The van der Waals surface area contributed by atoms with Crippen LogP contribution in [0.1, 0.15) is 29.5 Å². The number of benzene rings is 2. The Kier molecular flexibility index (Phi) is 5.61. The number of nitrogens with zero attached hydrogens (tertiary/aromatic N) is 1. The Morgan fingerprint density at radius 3 is 2.26 bits per heavy atom. The molecule has 2 aromatic carbocycles. The van der Waals surface area contributed by atoms with E-state index in [9.17, 15) is 9.59 Å². The van der Waals surface area contributed by atoms with Gasteiger partial charge >= 0.3 is 5.97 Å². The first-order valence-electron chi connectivity index (χ1n) is 9.21. The number of rotatable bonds is 7. The van der Waals surface area contributed by atoms with Crippen LogP contribution in [-0.4, -0.2) is 35.9 Å². The highest BCUT2D eigenvalue weighted by Crippen LogP contribution is 2.42. The fourth-order valence-electron chi connectivity index (χ4n) is 3.27. The number of anilines is 1. The van der Waals surface area contributed by atoms with Crippen LogP contribution in [-0.2, 0) is 20.9 Å². The quantitative estimate of drug-likeness (QED) is 0.763. The Morgan fingerprint density at radius 2 is 1.67 bits per heavy atom. The van der Waals surface area contributed by atoms with Crippen LogP contribution < -0.4 is 5.32 Å². The van der Waals surface area contributed by atoms with Gasteiger partial charge in [0, 0.05) is 5.69 Å². The Morgan fingerprint density at radius 1 is 1.04 bits per heavy atom. The molecule has 0 spiro atoms. The summed E-state index contributed by atoms with van der Waals surface area (Å²) in [5.41, 5.74) is 3.24. The van der Waals surface area contributed by atoms with Crippen LogP contribution in [0.5, 0.6) is 0 Å². The lowest BCUT2D eigenvalue weighted by molar-refractivity contribution is -0.147. The number of carbonyl (C=O) groups is 2. The van der Waals surface area contributed by atoms with Crippen molar-refractivity contribution in [3.8, 4) is 0 Å². The number of likely N-dealkylation sites (N-methyl/N-ethyl adjacent to an activating group) is 1. The average molecular weight is 366 g/mol. The second kappa shape index (κ2) is 7.92. The van der Waals surface area contributed by atoms with Crippen LogP contribution >= 0.6 is 0 Å². The van der Waals surface area contributed by atoms with Gasteiger partial charge in [0.15, 0.2) is 0 Å². The van der Waals surface area contributed by atoms with Crippen molar-refractivity contribution in [1.29, 1.82) is 0 Å². The molecule has 0 radical (unpaired) electrons. The molecule has 0 heterocycles. The minimum Gasteiger partial charge on any atom is -0.460 e. The van der Waals surface area contributed by atoms with Crippen molar-refractivity contribution in [3.05, 3.63) is 65.2 Å². The van der Waals surface area contributed by atoms with E-state index < -0.39 is 5.54 Å². The second-order valence-electron chi connectivity index (χ2n) is 7.25. The molecule has 0 aromatic heterocycles. The van der Waals surface area contributed by atoms with Crippen LogP contribution in [0.2, 0.25) is 0 Å². The third-order valence-electron chi connectivity index (χ3n) is 5.21. The summed E-state index contributed by atoms with van der Waals surface area (Å²) >= 11 is 0. The lowest BCUT2D eigenvalue weighted by Crippen LogP contribution is -2.46. The lowest BCUT2D eigenvalue weighted by atomic mass is 10.1. The van der Waals surface area contributed by atoms with Crippen molar-refractivity contribution in [1.82, 2.24) is 4.90 Å². The maximum atomic E-state index is 12.9. The van der Waals surface area contributed by atoms with Crippen LogP contribution in [0.3, 0.4) is 0 Å². The fraction of sp³-hybridized carbons (Fsp3) is 0.364. The lowest BCUT2D eigenvalue weighted by Gasteiger charge is -2.26.